The maximum absolute atomic E-state index is 12.7. The number of halogens is 1. The van der Waals surface area contributed by atoms with Crippen molar-refractivity contribution in [3.63, 3.8) is 0 Å². The number of carbonyl (C=O) groups is 2. The highest BCUT2D eigenvalue weighted by Crippen LogP contribution is 2.39. The van der Waals surface area contributed by atoms with Gasteiger partial charge in [0.2, 0.25) is 0 Å². The van der Waals surface area contributed by atoms with Gasteiger partial charge < -0.3 is 9.47 Å². The second-order valence-corrected chi connectivity index (χ2v) is 8.85. The lowest BCUT2D eigenvalue weighted by molar-refractivity contribution is -0.150. The van der Waals surface area contributed by atoms with E-state index >= 15 is 0 Å². The summed E-state index contributed by atoms with van der Waals surface area (Å²) in [6, 6.07) is 12.3. The van der Waals surface area contributed by atoms with E-state index in [9.17, 15) is 9.59 Å². The van der Waals surface area contributed by atoms with Crippen molar-refractivity contribution in [3.05, 3.63) is 52.9 Å². The van der Waals surface area contributed by atoms with Crippen molar-refractivity contribution in [2.45, 2.75) is 39.3 Å². The molecule has 1 amide bonds. The lowest BCUT2D eigenvalue weighted by atomic mass is 10.1. The van der Waals surface area contributed by atoms with Gasteiger partial charge in [-0.2, -0.15) is 0 Å². The summed E-state index contributed by atoms with van der Waals surface area (Å²) in [6.45, 7) is 5.31. The van der Waals surface area contributed by atoms with E-state index < -0.39 is 12.0 Å². The van der Waals surface area contributed by atoms with Crippen LogP contribution in [0.1, 0.15) is 27.2 Å². The summed E-state index contributed by atoms with van der Waals surface area (Å²) in [5.74, 6) is -0.197. The number of carbonyl (C=O) groups excluding carboxylic acids is 2. The van der Waals surface area contributed by atoms with E-state index in [-0.39, 0.29) is 18.6 Å². The molecule has 0 radical (unpaired) electrons. The van der Waals surface area contributed by atoms with Gasteiger partial charge in [-0.15, -0.1) is 11.3 Å². The van der Waals surface area contributed by atoms with Crippen LogP contribution in [0, 0.1) is 0 Å². The summed E-state index contributed by atoms with van der Waals surface area (Å²) in [5, 5.41) is 3.38. The van der Waals surface area contributed by atoms with E-state index in [0.717, 1.165) is 21.8 Å². The topological polar surface area (TPSA) is 68.7 Å². The van der Waals surface area contributed by atoms with E-state index in [1.807, 2.05) is 55.6 Å². The maximum atomic E-state index is 12.7. The van der Waals surface area contributed by atoms with Crippen LogP contribution in [0.15, 0.2) is 47.8 Å². The number of amides is 1. The summed E-state index contributed by atoms with van der Waals surface area (Å²) < 4.78 is 11.1. The van der Waals surface area contributed by atoms with Gasteiger partial charge in [0.05, 0.1) is 22.5 Å². The quantitative estimate of drug-likeness (QED) is 0.439. The highest BCUT2D eigenvalue weighted by Gasteiger charge is 2.34. The van der Waals surface area contributed by atoms with Crippen LogP contribution in [-0.2, 0) is 14.3 Å². The van der Waals surface area contributed by atoms with Crippen molar-refractivity contribution in [1.29, 1.82) is 0 Å². The first-order valence-corrected chi connectivity index (χ1v) is 11.6. The number of hydrogen-bond donors (Lipinski definition) is 0. The molecule has 0 N–H and O–H groups in total. The van der Waals surface area contributed by atoms with E-state index in [2.05, 4.69) is 0 Å². The largest absolute Gasteiger partial charge is 0.482 e. The molecular weight excluding hydrogens is 448 g/mol. The molecule has 1 aliphatic rings. The SMILES string of the molecule is CCC(C)OC(=O)C(C)N1C(=O)COc2ccc(-c3csc(-c4ccccc4Cl)n3)cc21. The van der Waals surface area contributed by atoms with Crippen molar-refractivity contribution < 1.29 is 19.1 Å². The molecule has 1 aromatic heterocycles. The van der Waals surface area contributed by atoms with Gasteiger partial charge in [0, 0.05) is 16.5 Å². The van der Waals surface area contributed by atoms with Crippen LogP contribution in [0.2, 0.25) is 5.02 Å². The summed E-state index contributed by atoms with van der Waals surface area (Å²) in [4.78, 5) is 31.5. The Kier molecular flexibility index (Phi) is 6.48. The molecule has 0 fully saturated rings. The lowest BCUT2D eigenvalue weighted by Gasteiger charge is -2.33. The number of benzene rings is 2. The van der Waals surface area contributed by atoms with Crippen molar-refractivity contribution in [1.82, 2.24) is 4.98 Å². The Bertz CT molecular complexity index is 1160. The smallest absolute Gasteiger partial charge is 0.329 e. The molecule has 0 saturated heterocycles. The van der Waals surface area contributed by atoms with Crippen molar-refractivity contribution in [2.75, 3.05) is 11.5 Å². The fourth-order valence-corrected chi connectivity index (χ4v) is 4.55. The highest BCUT2D eigenvalue weighted by atomic mass is 35.5. The minimum Gasteiger partial charge on any atom is -0.482 e. The second kappa shape index (κ2) is 9.30. The van der Waals surface area contributed by atoms with Gasteiger partial charge >= 0.3 is 5.97 Å². The molecule has 0 saturated carbocycles. The third kappa shape index (κ3) is 4.36. The van der Waals surface area contributed by atoms with Crippen LogP contribution in [0.5, 0.6) is 5.75 Å². The summed E-state index contributed by atoms with van der Waals surface area (Å²) in [6.07, 6.45) is 0.485. The van der Waals surface area contributed by atoms with Gasteiger partial charge in [0.15, 0.2) is 6.61 Å². The first-order chi connectivity index (χ1) is 15.4. The molecule has 1 aliphatic heterocycles. The van der Waals surface area contributed by atoms with Crippen molar-refractivity contribution >= 4 is 40.5 Å². The number of rotatable bonds is 6. The zero-order valence-electron chi connectivity index (χ0n) is 18.0. The molecule has 0 spiro atoms. The van der Waals surface area contributed by atoms with Gasteiger partial charge in [-0.05, 0) is 44.5 Å². The molecule has 2 atom stereocenters. The van der Waals surface area contributed by atoms with Crippen LogP contribution in [-0.4, -0.2) is 35.6 Å². The van der Waals surface area contributed by atoms with Gasteiger partial charge in [-0.1, -0.05) is 36.7 Å². The molecule has 0 bridgehead atoms. The Morgan fingerprint density at radius 1 is 1.28 bits per heavy atom. The Morgan fingerprint density at radius 2 is 2.06 bits per heavy atom. The monoisotopic (exact) mass is 470 g/mol. The Balaban J connectivity index is 1.67. The minimum atomic E-state index is -0.775. The Labute approximate surface area is 195 Å². The van der Waals surface area contributed by atoms with Crippen molar-refractivity contribution in [2.24, 2.45) is 0 Å². The fraction of sp³-hybridized carbons (Fsp3) is 0.292. The third-order valence-corrected chi connectivity index (χ3v) is 6.57. The number of nitrogens with zero attached hydrogens (tertiary/aromatic N) is 2. The molecule has 2 aromatic carbocycles. The molecule has 0 aliphatic carbocycles. The summed E-state index contributed by atoms with van der Waals surface area (Å²) in [7, 11) is 0. The molecule has 6 nitrogen and oxygen atoms in total. The van der Waals surface area contributed by atoms with Crippen LogP contribution >= 0.6 is 22.9 Å². The Hall–Kier alpha value is -2.90. The molecule has 4 rings (SSSR count). The number of thiazole rings is 1. The molecule has 166 valence electrons. The van der Waals surface area contributed by atoms with Crippen LogP contribution in [0.25, 0.3) is 21.8 Å². The standard InChI is InChI=1S/C24H23ClN2O4S/c1-4-14(2)31-24(29)15(3)27-20-11-16(9-10-21(20)30-12-22(27)28)19-13-32-23(26-19)17-7-5-6-8-18(17)25/h5-11,13-15H,4,12H2,1-3H3. The normalized spacial score (nSPS) is 15.0. The number of aromatic nitrogens is 1. The number of esters is 1. The number of hydrogen-bond acceptors (Lipinski definition) is 6. The molecule has 2 unspecified atom stereocenters. The average molecular weight is 471 g/mol. The van der Waals surface area contributed by atoms with E-state index in [1.54, 1.807) is 13.0 Å². The van der Waals surface area contributed by atoms with E-state index in [4.69, 9.17) is 26.1 Å². The van der Waals surface area contributed by atoms with Gasteiger partial charge in [-0.25, -0.2) is 9.78 Å². The molecule has 8 heteroatoms. The number of ether oxygens (including phenoxy) is 2. The molecular formula is C24H23ClN2O4S. The van der Waals surface area contributed by atoms with E-state index in [0.29, 0.717) is 22.9 Å². The predicted molar refractivity (Wildman–Crippen MR) is 126 cm³/mol. The highest BCUT2D eigenvalue weighted by molar-refractivity contribution is 7.13. The lowest BCUT2D eigenvalue weighted by Crippen LogP contribution is -2.49. The van der Waals surface area contributed by atoms with Gasteiger partial charge in [0.25, 0.3) is 5.91 Å². The molecule has 32 heavy (non-hydrogen) atoms. The van der Waals surface area contributed by atoms with Crippen LogP contribution in [0.4, 0.5) is 5.69 Å². The first kappa shape index (κ1) is 22.3. The zero-order valence-corrected chi connectivity index (χ0v) is 19.6. The average Bonchev–Trinajstić information content (AvgIpc) is 3.28. The van der Waals surface area contributed by atoms with Gasteiger partial charge in [0.1, 0.15) is 16.8 Å². The second-order valence-electron chi connectivity index (χ2n) is 7.58. The van der Waals surface area contributed by atoms with E-state index in [1.165, 1.54) is 16.2 Å². The van der Waals surface area contributed by atoms with Crippen LogP contribution in [0.3, 0.4) is 0 Å². The van der Waals surface area contributed by atoms with Crippen LogP contribution < -0.4 is 9.64 Å². The fourth-order valence-electron chi connectivity index (χ4n) is 3.41. The number of fused-ring (bicyclic) bond motifs is 1. The summed E-state index contributed by atoms with van der Waals surface area (Å²) >= 11 is 7.81. The third-order valence-electron chi connectivity index (χ3n) is 5.36. The summed E-state index contributed by atoms with van der Waals surface area (Å²) in [5.41, 5.74) is 2.95. The number of anilines is 1. The van der Waals surface area contributed by atoms with Gasteiger partial charge in [-0.3, -0.25) is 9.69 Å². The minimum absolute atomic E-state index is 0.124. The molecule has 3 aromatic rings. The molecule has 2 heterocycles. The predicted octanol–water partition coefficient (Wildman–Crippen LogP) is 5.59. The first-order valence-electron chi connectivity index (χ1n) is 10.4. The zero-order chi connectivity index (χ0) is 22.8. The Morgan fingerprint density at radius 3 is 2.81 bits per heavy atom. The maximum Gasteiger partial charge on any atom is 0.329 e. The van der Waals surface area contributed by atoms with Crippen molar-refractivity contribution in [3.8, 4) is 27.6 Å².